The summed E-state index contributed by atoms with van der Waals surface area (Å²) in [6, 6.07) is 18.5. The predicted molar refractivity (Wildman–Crippen MR) is 124 cm³/mol. The Morgan fingerprint density at radius 3 is 2.59 bits per heavy atom. The van der Waals surface area contributed by atoms with Gasteiger partial charge in [-0.3, -0.25) is 14.5 Å². The van der Waals surface area contributed by atoms with Crippen LogP contribution in [0.5, 0.6) is 0 Å². The minimum Gasteiger partial charge on any atom is -0.464 e. The van der Waals surface area contributed by atoms with Crippen LogP contribution in [0.15, 0.2) is 71.9 Å². The van der Waals surface area contributed by atoms with Gasteiger partial charge >= 0.3 is 5.97 Å². The van der Waals surface area contributed by atoms with E-state index < -0.39 is 5.97 Å². The molecule has 158 valence electrons. The zero-order valence-corrected chi connectivity index (χ0v) is 18.4. The molecular formula is C24H16Cl2N4O2. The van der Waals surface area contributed by atoms with Gasteiger partial charge < -0.3 is 4.74 Å². The first-order valence-electron chi connectivity index (χ1n) is 9.79. The number of fused-ring (bicyclic) bond motifs is 3. The average molecular weight is 463 g/mol. The SMILES string of the molecule is COC(=O)c1nc(-c2ccccn2)n2c1CN=C(c1ccccc1Cl)c1cc(Cl)ccc1-2. The molecule has 0 saturated heterocycles. The number of methoxy groups -OCH3 is 1. The number of carbonyl (C=O) groups is 1. The average Bonchev–Trinajstić information content (AvgIpc) is 3.12. The van der Waals surface area contributed by atoms with E-state index in [1.54, 1.807) is 12.3 Å². The van der Waals surface area contributed by atoms with E-state index in [1.165, 1.54) is 7.11 Å². The van der Waals surface area contributed by atoms with Crippen molar-refractivity contribution in [2.45, 2.75) is 6.54 Å². The van der Waals surface area contributed by atoms with Gasteiger partial charge in [-0.05, 0) is 36.4 Å². The van der Waals surface area contributed by atoms with Crippen LogP contribution in [0.2, 0.25) is 10.0 Å². The molecule has 0 spiro atoms. The van der Waals surface area contributed by atoms with Gasteiger partial charge in [0.2, 0.25) is 0 Å². The third-order valence-electron chi connectivity index (χ3n) is 5.22. The van der Waals surface area contributed by atoms with Crippen molar-refractivity contribution in [1.29, 1.82) is 0 Å². The number of imidazole rings is 1. The molecule has 0 N–H and O–H groups in total. The number of carbonyl (C=O) groups excluding carboxylic acids is 1. The van der Waals surface area contributed by atoms with Gasteiger partial charge in [-0.2, -0.15) is 0 Å². The molecule has 0 atom stereocenters. The van der Waals surface area contributed by atoms with Crippen LogP contribution in [0.4, 0.5) is 0 Å². The van der Waals surface area contributed by atoms with Crippen molar-refractivity contribution in [3.05, 3.63) is 99.4 Å². The number of pyridine rings is 1. The molecule has 3 heterocycles. The van der Waals surface area contributed by atoms with E-state index in [1.807, 2.05) is 59.2 Å². The van der Waals surface area contributed by atoms with E-state index in [0.717, 1.165) is 16.8 Å². The number of aromatic nitrogens is 3. The fraction of sp³-hybridized carbons (Fsp3) is 0.0833. The number of aliphatic imine (C=N–C) groups is 1. The third-order valence-corrected chi connectivity index (χ3v) is 5.78. The Balaban J connectivity index is 1.84. The van der Waals surface area contributed by atoms with Gasteiger partial charge in [-0.1, -0.05) is 47.5 Å². The number of hydrogen-bond donors (Lipinski definition) is 0. The number of esters is 1. The normalized spacial score (nSPS) is 12.4. The number of hydrogen-bond acceptors (Lipinski definition) is 5. The molecule has 0 unspecified atom stereocenters. The molecule has 0 saturated carbocycles. The topological polar surface area (TPSA) is 69.4 Å². The van der Waals surface area contributed by atoms with E-state index in [2.05, 4.69) is 9.97 Å². The molecule has 0 fully saturated rings. The summed E-state index contributed by atoms with van der Waals surface area (Å²) in [7, 11) is 1.33. The van der Waals surface area contributed by atoms with Crippen LogP contribution in [0, 0.1) is 0 Å². The van der Waals surface area contributed by atoms with Gasteiger partial charge in [0, 0.05) is 27.4 Å². The van der Waals surface area contributed by atoms with E-state index in [9.17, 15) is 4.79 Å². The van der Waals surface area contributed by atoms with E-state index in [-0.39, 0.29) is 12.2 Å². The van der Waals surface area contributed by atoms with Crippen LogP contribution in [-0.4, -0.2) is 33.3 Å². The van der Waals surface area contributed by atoms with E-state index in [4.69, 9.17) is 32.9 Å². The second kappa shape index (κ2) is 8.22. The summed E-state index contributed by atoms with van der Waals surface area (Å²) in [5.74, 6) is -0.0250. The van der Waals surface area contributed by atoms with Crippen molar-refractivity contribution >= 4 is 34.9 Å². The Labute approximate surface area is 194 Å². The summed E-state index contributed by atoms with van der Waals surface area (Å²) in [6.07, 6.45) is 1.68. The Kier molecular flexibility index (Phi) is 5.25. The fourth-order valence-corrected chi connectivity index (χ4v) is 4.20. The quantitative estimate of drug-likeness (QED) is 0.383. The molecule has 32 heavy (non-hydrogen) atoms. The molecule has 2 aromatic carbocycles. The second-order valence-electron chi connectivity index (χ2n) is 7.08. The van der Waals surface area contributed by atoms with Crippen LogP contribution < -0.4 is 0 Å². The molecule has 1 aliphatic heterocycles. The largest absolute Gasteiger partial charge is 0.464 e. The smallest absolute Gasteiger partial charge is 0.358 e. The highest BCUT2D eigenvalue weighted by atomic mass is 35.5. The highest BCUT2D eigenvalue weighted by Crippen LogP contribution is 2.34. The highest BCUT2D eigenvalue weighted by Gasteiger charge is 2.29. The molecule has 0 radical (unpaired) electrons. The molecule has 0 aliphatic carbocycles. The van der Waals surface area contributed by atoms with Crippen molar-refractivity contribution in [3.8, 4) is 17.2 Å². The number of benzene rings is 2. The van der Waals surface area contributed by atoms with Gasteiger partial charge in [0.15, 0.2) is 11.5 Å². The number of nitrogens with zero attached hydrogens (tertiary/aromatic N) is 4. The van der Waals surface area contributed by atoms with Crippen molar-refractivity contribution in [3.63, 3.8) is 0 Å². The highest BCUT2D eigenvalue weighted by molar-refractivity contribution is 6.36. The van der Waals surface area contributed by atoms with Gasteiger partial charge in [0.25, 0.3) is 0 Å². The second-order valence-corrected chi connectivity index (χ2v) is 7.92. The van der Waals surface area contributed by atoms with Crippen LogP contribution in [0.3, 0.4) is 0 Å². The van der Waals surface area contributed by atoms with Crippen LogP contribution >= 0.6 is 23.2 Å². The van der Waals surface area contributed by atoms with Gasteiger partial charge in [-0.15, -0.1) is 0 Å². The molecule has 6 nitrogen and oxygen atoms in total. The maximum atomic E-state index is 12.6. The molecule has 8 heteroatoms. The number of rotatable bonds is 3. The van der Waals surface area contributed by atoms with E-state index >= 15 is 0 Å². The Hall–Kier alpha value is -3.48. The Morgan fingerprint density at radius 2 is 1.84 bits per heavy atom. The van der Waals surface area contributed by atoms with Crippen molar-refractivity contribution in [2.24, 2.45) is 4.99 Å². The summed E-state index contributed by atoms with van der Waals surface area (Å²) >= 11 is 12.9. The monoisotopic (exact) mass is 462 g/mol. The van der Waals surface area contributed by atoms with Crippen LogP contribution in [0.25, 0.3) is 17.2 Å². The third kappa shape index (κ3) is 3.38. The minimum absolute atomic E-state index is 0.192. The summed E-state index contributed by atoms with van der Waals surface area (Å²) in [5, 5.41) is 1.12. The van der Waals surface area contributed by atoms with Crippen molar-refractivity contribution < 1.29 is 9.53 Å². The standard InChI is InChI=1S/C24H16Cl2N4O2/c1-32-24(31)22-20-13-28-21(15-6-2-3-7-17(15)26)16-12-14(25)9-10-19(16)30(20)23(29-22)18-8-4-5-11-27-18/h2-12H,13H2,1H3. The summed E-state index contributed by atoms with van der Waals surface area (Å²) in [4.78, 5) is 26.5. The molecule has 0 amide bonds. The molecular weight excluding hydrogens is 447 g/mol. The Morgan fingerprint density at radius 1 is 1.03 bits per heavy atom. The lowest BCUT2D eigenvalue weighted by Gasteiger charge is -2.15. The first kappa shape index (κ1) is 20.4. The van der Waals surface area contributed by atoms with E-state index in [0.29, 0.717) is 33.0 Å². The van der Waals surface area contributed by atoms with Crippen LogP contribution in [-0.2, 0) is 11.3 Å². The zero-order valence-electron chi connectivity index (χ0n) is 16.9. The molecule has 0 bridgehead atoms. The van der Waals surface area contributed by atoms with Crippen LogP contribution in [0.1, 0.15) is 27.3 Å². The predicted octanol–water partition coefficient (Wildman–Crippen LogP) is 5.38. The Bertz CT molecular complexity index is 1380. The van der Waals surface area contributed by atoms with Crippen molar-refractivity contribution in [1.82, 2.24) is 14.5 Å². The number of halogens is 2. The zero-order chi connectivity index (χ0) is 22.2. The first-order valence-corrected chi connectivity index (χ1v) is 10.5. The number of ether oxygens (including phenoxy) is 1. The lowest BCUT2D eigenvalue weighted by Crippen LogP contribution is -2.09. The lowest BCUT2D eigenvalue weighted by atomic mass is 10.0. The molecule has 1 aliphatic rings. The maximum Gasteiger partial charge on any atom is 0.358 e. The first-order chi connectivity index (χ1) is 15.6. The lowest BCUT2D eigenvalue weighted by molar-refractivity contribution is 0.0593. The van der Waals surface area contributed by atoms with Gasteiger partial charge in [-0.25, -0.2) is 9.78 Å². The summed E-state index contributed by atoms with van der Waals surface area (Å²) < 4.78 is 6.90. The van der Waals surface area contributed by atoms with Gasteiger partial charge in [0.1, 0.15) is 5.69 Å². The molecule has 2 aromatic heterocycles. The maximum absolute atomic E-state index is 12.6. The summed E-state index contributed by atoms with van der Waals surface area (Å²) in [6.45, 7) is 0.192. The van der Waals surface area contributed by atoms with Crippen molar-refractivity contribution in [2.75, 3.05) is 7.11 Å². The fourth-order valence-electron chi connectivity index (χ4n) is 3.80. The minimum atomic E-state index is -0.539. The summed E-state index contributed by atoms with van der Waals surface area (Å²) in [5.41, 5.74) is 4.40. The van der Waals surface area contributed by atoms with Gasteiger partial charge in [0.05, 0.1) is 30.7 Å². The molecule has 5 rings (SSSR count). The molecule has 4 aromatic rings.